The Morgan fingerprint density at radius 1 is 1.06 bits per heavy atom. The van der Waals surface area contributed by atoms with Crippen molar-refractivity contribution in [2.24, 2.45) is 0 Å². The molecular weight excluding hydrogens is 436 g/mol. The third-order valence-corrected chi connectivity index (χ3v) is 6.84. The number of hydrogen-bond donors (Lipinski definition) is 1. The van der Waals surface area contributed by atoms with Gasteiger partial charge in [0, 0.05) is 37.4 Å². The van der Waals surface area contributed by atoms with Crippen molar-refractivity contribution in [3.05, 3.63) is 53.2 Å². The van der Waals surface area contributed by atoms with Gasteiger partial charge in [0.15, 0.2) is 5.65 Å². The number of carbonyl (C=O) groups excluding carboxylic acids is 2. The number of hydrogen-bond acceptors (Lipinski definition) is 7. The number of thioether (sulfide) groups is 1. The molecular formula is C24H26N6O2S. The molecule has 2 fully saturated rings. The molecule has 0 unspecified atom stereocenters. The van der Waals surface area contributed by atoms with Crippen molar-refractivity contribution in [1.29, 1.82) is 0 Å². The molecule has 0 atom stereocenters. The summed E-state index contributed by atoms with van der Waals surface area (Å²) in [4.78, 5) is 33.1. The Labute approximate surface area is 196 Å². The third-order valence-electron chi connectivity index (χ3n) is 6.03. The Hall–Kier alpha value is -3.17. The molecule has 2 aliphatic rings. The van der Waals surface area contributed by atoms with E-state index in [4.69, 9.17) is 0 Å². The molecule has 5 rings (SSSR count). The number of carbonyl (C=O) groups is 2. The molecule has 0 saturated carbocycles. The minimum atomic E-state index is -0.389. The molecule has 0 aliphatic carbocycles. The lowest BCUT2D eigenvalue weighted by atomic mass is 10.1. The predicted molar refractivity (Wildman–Crippen MR) is 131 cm³/mol. The highest BCUT2D eigenvalue weighted by Gasteiger charge is 2.25. The Morgan fingerprint density at radius 2 is 1.85 bits per heavy atom. The van der Waals surface area contributed by atoms with Gasteiger partial charge in [0.05, 0.1) is 22.5 Å². The first-order chi connectivity index (χ1) is 16.1. The van der Waals surface area contributed by atoms with Crippen LogP contribution in [0.2, 0.25) is 0 Å². The van der Waals surface area contributed by atoms with Crippen molar-refractivity contribution >= 4 is 40.3 Å². The SMILES string of the molecule is CCCCN1CCN(c2ccc(-c3cnc4ccc(C=C5SC(=O)NC5=O)nn34)cc2)CC1. The molecule has 1 N–H and O–H groups in total. The summed E-state index contributed by atoms with van der Waals surface area (Å²) < 4.78 is 1.77. The average molecular weight is 463 g/mol. The normalized spacial score (nSPS) is 18.5. The summed E-state index contributed by atoms with van der Waals surface area (Å²) in [5.74, 6) is -0.389. The molecule has 0 spiro atoms. The number of anilines is 1. The van der Waals surface area contributed by atoms with Crippen LogP contribution in [0.15, 0.2) is 47.5 Å². The van der Waals surface area contributed by atoms with Gasteiger partial charge in [0.1, 0.15) is 0 Å². The molecule has 2 saturated heterocycles. The summed E-state index contributed by atoms with van der Waals surface area (Å²) in [5.41, 5.74) is 4.44. The molecule has 0 bridgehead atoms. The van der Waals surface area contributed by atoms with Crippen LogP contribution < -0.4 is 10.2 Å². The van der Waals surface area contributed by atoms with Crippen molar-refractivity contribution in [3.8, 4) is 11.3 Å². The smallest absolute Gasteiger partial charge is 0.290 e. The van der Waals surface area contributed by atoms with E-state index >= 15 is 0 Å². The fourth-order valence-electron chi connectivity index (χ4n) is 4.17. The maximum Gasteiger partial charge on any atom is 0.290 e. The van der Waals surface area contributed by atoms with E-state index in [1.165, 1.54) is 25.1 Å². The number of imide groups is 1. The van der Waals surface area contributed by atoms with Crippen LogP contribution in [0.1, 0.15) is 25.5 Å². The number of fused-ring (bicyclic) bond motifs is 1. The number of piperazine rings is 1. The molecule has 2 aromatic heterocycles. The highest BCUT2D eigenvalue weighted by atomic mass is 32.2. The maximum absolute atomic E-state index is 11.8. The largest absolute Gasteiger partial charge is 0.369 e. The average Bonchev–Trinajstić information content (AvgIpc) is 3.40. The zero-order valence-corrected chi connectivity index (χ0v) is 19.3. The summed E-state index contributed by atoms with van der Waals surface area (Å²) >= 11 is 0.884. The standard InChI is InChI=1S/C24H26N6O2S/c1-2-3-10-28-11-13-29(14-12-28)19-7-4-17(5-8-19)20-16-25-22-9-6-18(27-30(20)22)15-21-23(31)26-24(32)33-21/h4-9,15-16H,2-3,10-14H2,1H3,(H,26,31,32). The zero-order chi connectivity index (χ0) is 22.8. The number of aromatic nitrogens is 3. The van der Waals surface area contributed by atoms with Gasteiger partial charge in [0.2, 0.25) is 0 Å². The fourth-order valence-corrected chi connectivity index (χ4v) is 4.84. The second-order valence-corrected chi connectivity index (χ2v) is 9.27. The minimum Gasteiger partial charge on any atom is -0.369 e. The van der Waals surface area contributed by atoms with Crippen molar-refractivity contribution in [3.63, 3.8) is 0 Å². The number of nitrogens with zero attached hydrogens (tertiary/aromatic N) is 5. The first-order valence-corrected chi connectivity index (χ1v) is 12.1. The monoisotopic (exact) mass is 462 g/mol. The summed E-state index contributed by atoms with van der Waals surface area (Å²) in [6.07, 6.45) is 5.94. The highest BCUT2D eigenvalue weighted by Crippen LogP contribution is 2.27. The molecule has 9 heteroatoms. The highest BCUT2D eigenvalue weighted by molar-refractivity contribution is 8.18. The number of amides is 2. The molecule has 8 nitrogen and oxygen atoms in total. The van der Waals surface area contributed by atoms with Crippen LogP contribution in [0, 0.1) is 0 Å². The van der Waals surface area contributed by atoms with E-state index in [2.05, 4.69) is 56.4 Å². The van der Waals surface area contributed by atoms with Crippen LogP contribution in [0.5, 0.6) is 0 Å². The van der Waals surface area contributed by atoms with Crippen molar-refractivity contribution in [2.75, 3.05) is 37.6 Å². The van der Waals surface area contributed by atoms with E-state index in [9.17, 15) is 9.59 Å². The number of nitrogens with one attached hydrogen (secondary N) is 1. The van der Waals surface area contributed by atoms with E-state index in [1.807, 2.05) is 6.07 Å². The summed E-state index contributed by atoms with van der Waals surface area (Å²) in [6, 6.07) is 12.2. The van der Waals surface area contributed by atoms with Gasteiger partial charge in [0.25, 0.3) is 11.1 Å². The third kappa shape index (κ3) is 4.65. The predicted octanol–water partition coefficient (Wildman–Crippen LogP) is 3.64. The van der Waals surface area contributed by atoms with Gasteiger partial charge in [-0.3, -0.25) is 19.8 Å². The van der Waals surface area contributed by atoms with Gasteiger partial charge >= 0.3 is 0 Å². The van der Waals surface area contributed by atoms with Crippen molar-refractivity contribution in [1.82, 2.24) is 24.8 Å². The molecule has 33 heavy (non-hydrogen) atoms. The van der Waals surface area contributed by atoms with Crippen molar-refractivity contribution < 1.29 is 9.59 Å². The quantitative estimate of drug-likeness (QED) is 0.560. The van der Waals surface area contributed by atoms with E-state index < -0.39 is 0 Å². The van der Waals surface area contributed by atoms with Gasteiger partial charge in [-0.2, -0.15) is 5.10 Å². The van der Waals surface area contributed by atoms with Gasteiger partial charge in [-0.25, -0.2) is 9.50 Å². The Balaban J connectivity index is 1.34. The summed E-state index contributed by atoms with van der Waals surface area (Å²) in [6.45, 7) is 7.75. The fraction of sp³-hybridized carbons (Fsp3) is 0.333. The number of rotatable bonds is 6. The zero-order valence-electron chi connectivity index (χ0n) is 18.5. The summed E-state index contributed by atoms with van der Waals surface area (Å²) in [5, 5.41) is 6.54. The Kier molecular flexibility index (Phi) is 6.15. The van der Waals surface area contributed by atoms with Crippen LogP contribution in [-0.2, 0) is 4.79 Å². The van der Waals surface area contributed by atoms with E-state index in [1.54, 1.807) is 22.9 Å². The van der Waals surface area contributed by atoms with E-state index in [-0.39, 0.29) is 11.1 Å². The number of unbranched alkanes of at least 4 members (excludes halogenated alkanes) is 1. The first-order valence-electron chi connectivity index (χ1n) is 11.3. The van der Waals surface area contributed by atoms with Crippen LogP contribution in [-0.4, -0.2) is 63.4 Å². The number of imidazole rings is 1. The Bertz CT molecular complexity index is 1210. The van der Waals surface area contributed by atoms with Crippen molar-refractivity contribution in [2.45, 2.75) is 19.8 Å². The molecule has 0 radical (unpaired) electrons. The summed E-state index contributed by atoms with van der Waals surface area (Å²) in [7, 11) is 0. The topological polar surface area (TPSA) is 82.8 Å². The van der Waals surface area contributed by atoms with Gasteiger partial charge in [-0.1, -0.05) is 25.5 Å². The van der Waals surface area contributed by atoms with E-state index in [0.29, 0.717) is 10.6 Å². The lowest BCUT2D eigenvalue weighted by Crippen LogP contribution is -2.46. The lowest BCUT2D eigenvalue weighted by molar-refractivity contribution is -0.115. The van der Waals surface area contributed by atoms with Gasteiger partial charge in [-0.05, 0) is 55.1 Å². The van der Waals surface area contributed by atoms with E-state index in [0.717, 1.165) is 54.8 Å². The minimum absolute atomic E-state index is 0.340. The molecule has 170 valence electrons. The maximum atomic E-state index is 11.8. The first kappa shape index (κ1) is 21.7. The molecule has 4 heterocycles. The van der Waals surface area contributed by atoms with Crippen LogP contribution in [0.4, 0.5) is 10.5 Å². The van der Waals surface area contributed by atoms with Crippen LogP contribution in [0.3, 0.4) is 0 Å². The lowest BCUT2D eigenvalue weighted by Gasteiger charge is -2.36. The molecule has 2 aliphatic heterocycles. The molecule has 1 aromatic carbocycles. The number of benzene rings is 1. The van der Waals surface area contributed by atoms with Crippen LogP contribution >= 0.6 is 11.8 Å². The second-order valence-electron chi connectivity index (χ2n) is 8.25. The van der Waals surface area contributed by atoms with Crippen LogP contribution in [0.25, 0.3) is 23.0 Å². The Morgan fingerprint density at radius 3 is 2.55 bits per heavy atom. The second kappa shape index (κ2) is 9.36. The molecule has 2 amide bonds. The van der Waals surface area contributed by atoms with Gasteiger partial charge in [-0.15, -0.1) is 0 Å². The molecule has 3 aromatic rings. The van der Waals surface area contributed by atoms with Gasteiger partial charge < -0.3 is 4.90 Å².